The molecule has 1 aliphatic carbocycles. The summed E-state index contributed by atoms with van der Waals surface area (Å²) in [5.41, 5.74) is 0.286. The molecule has 152 valence electrons. The van der Waals surface area contributed by atoms with Crippen molar-refractivity contribution in [2.45, 2.75) is 88.5 Å². The predicted molar refractivity (Wildman–Crippen MR) is 111 cm³/mol. The summed E-state index contributed by atoms with van der Waals surface area (Å²) in [6, 6.07) is 0.138. The molecule has 1 atom stereocenters. The molecule has 8 heteroatoms. The highest BCUT2D eigenvalue weighted by atomic mass is 32.2. The first kappa shape index (κ1) is 19.5. The van der Waals surface area contributed by atoms with Crippen LogP contribution in [0.1, 0.15) is 71.8 Å². The molecule has 1 N–H and O–H groups in total. The lowest BCUT2D eigenvalue weighted by molar-refractivity contribution is -0.122. The molecule has 0 radical (unpaired) electrons. The number of aromatic nitrogens is 4. The van der Waals surface area contributed by atoms with Gasteiger partial charge in [0.1, 0.15) is 5.39 Å². The number of hydrogen-bond acceptors (Lipinski definition) is 5. The zero-order valence-electron chi connectivity index (χ0n) is 16.9. The third-order valence-corrected chi connectivity index (χ3v) is 6.74. The summed E-state index contributed by atoms with van der Waals surface area (Å²) in [6.07, 6.45) is 8.96. The van der Waals surface area contributed by atoms with Crippen molar-refractivity contribution < 1.29 is 4.79 Å². The van der Waals surface area contributed by atoms with Gasteiger partial charge in [0.15, 0.2) is 10.8 Å². The van der Waals surface area contributed by atoms with Gasteiger partial charge in [-0.25, -0.2) is 9.67 Å². The summed E-state index contributed by atoms with van der Waals surface area (Å²) in [7, 11) is 0. The van der Waals surface area contributed by atoms with Crippen molar-refractivity contribution in [1.29, 1.82) is 0 Å². The number of rotatable bonds is 3. The molecule has 0 aromatic carbocycles. The van der Waals surface area contributed by atoms with Gasteiger partial charge in [-0.05, 0) is 33.6 Å². The number of nitrogens with zero attached hydrogens (tertiary/aromatic N) is 4. The summed E-state index contributed by atoms with van der Waals surface area (Å²) in [5, 5.41) is 8.80. The van der Waals surface area contributed by atoms with Gasteiger partial charge in [-0.15, -0.1) is 0 Å². The fourth-order valence-corrected chi connectivity index (χ4v) is 5.33. The van der Waals surface area contributed by atoms with Crippen LogP contribution in [0.3, 0.4) is 0 Å². The van der Waals surface area contributed by atoms with Crippen LogP contribution in [-0.4, -0.2) is 37.0 Å². The monoisotopic (exact) mass is 403 g/mol. The van der Waals surface area contributed by atoms with Crippen LogP contribution < -0.4 is 10.9 Å². The molecule has 1 aliphatic heterocycles. The molecule has 2 aromatic heterocycles. The largest absolute Gasteiger partial charge is 0.353 e. The Bertz CT molecular complexity index is 934. The number of amides is 1. The Morgan fingerprint density at radius 1 is 1.25 bits per heavy atom. The molecule has 4 rings (SSSR count). The molecule has 0 bridgehead atoms. The minimum absolute atomic E-state index is 0.0442. The highest BCUT2D eigenvalue weighted by Gasteiger charge is 2.31. The van der Waals surface area contributed by atoms with Crippen LogP contribution >= 0.6 is 11.8 Å². The van der Waals surface area contributed by atoms with Gasteiger partial charge in [0.2, 0.25) is 5.91 Å². The molecular weight excluding hydrogens is 374 g/mol. The van der Waals surface area contributed by atoms with E-state index in [1.54, 1.807) is 27.2 Å². The topological polar surface area (TPSA) is 81.8 Å². The van der Waals surface area contributed by atoms with Crippen molar-refractivity contribution in [2.75, 3.05) is 5.75 Å². The number of thioether (sulfide) groups is 1. The van der Waals surface area contributed by atoms with E-state index in [-0.39, 0.29) is 29.1 Å². The third-order valence-electron chi connectivity index (χ3n) is 5.65. The summed E-state index contributed by atoms with van der Waals surface area (Å²) in [6.45, 7) is 6.12. The standard InChI is InChI=1S/C20H29N5O2S/c1-20(2,3)25-17-15(11-21-25)18(27)24-14(12-28-19(24)23-17)10-16(26)22-13-8-6-4-5-7-9-13/h11,13-14H,4-10,12H2,1-3H3,(H,22,26). The molecule has 28 heavy (non-hydrogen) atoms. The second-order valence-electron chi connectivity index (χ2n) is 8.96. The predicted octanol–water partition coefficient (Wildman–Crippen LogP) is 3.22. The molecule has 2 aromatic rings. The maximum absolute atomic E-state index is 13.1. The van der Waals surface area contributed by atoms with Crippen molar-refractivity contribution in [3.8, 4) is 0 Å². The van der Waals surface area contributed by atoms with Crippen LogP contribution in [0.4, 0.5) is 0 Å². The van der Waals surface area contributed by atoms with E-state index in [2.05, 4.69) is 10.4 Å². The van der Waals surface area contributed by atoms with Gasteiger partial charge in [0.25, 0.3) is 5.56 Å². The molecule has 1 fully saturated rings. The second-order valence-corrected chi connectivity index (χ2v) is 9.95. The Morgan fingerprint density at radius 3 is 2.64 bits per heavy atom. The van der Waals surface area contributed by atoms with E-state index >= 15 is 0 Å². The van der Waals surface area contributed by atoms with Crippen molar-refractivity contribution in [3.05, 3.63) is 16.6 Å². The second kappa shape index (κ2) is 7.54. The maximum Gasteiger partial charge on any atom is 0.265 e. The minimum atomic E-state index is -0.249. The van der Waals surface area contributed by atoms with Gasteiger partial charge in [-0.1, -0.05) is 37.4 Å². The number of fused-ring (bicyclic) bond motifs is 2. The number of carbonyl (C=O) groups excluding carboxylic acids is 1. The molecule has 7 nitrogen and oxygen atoms in total. The van der Waals surface area contributed by atoms with Gasteiger partial charge >= 0.3 is 0 Å². The smallest absolute Gasteiger partial charge is 0.265 e. The van der Waals surface area contributed by atoms with Crippen LogP contribution in [-0.2, 0) is 10.3 Å². The number of nitrogens with one attached hydrogen (secondary N) is 1. The lowest BCUT2D eigenvalue weighted by atomic mass is 10.1. The fourth-order valence-electron chi connectivity index (χ4n) is 4.20. The first-order chi connectivity index (χ1) is 13.3. The van der Waals surface area contributed by atoms with E-state index in [0.717, 1.165) is 12.8 Å². The summed E-state index contributed by atoms with van der Waals surface area (Å²) < 4.78 is 3.51. The Morgan fingerprint density at radius 2 is 1.96 bits per heavy atom. The Kier molecular flexibility index (Phi) is 5.24. The van der Waals surface area contributed by atoms with Gasteiger partial charge in [-0.3, -0.25) is 14.2 Å². The summed E-state index contributed by atoms with van der Waals surface area (Å²) in [4.78, 5) is 30.5. The van der Waals surface area contributed by atoms with Crippen molar-refractivity contribution in [1.82, 2.24) is 24.6 Å². The van der Waals surface area contributed by atoms with Crippen LogP contribution in [0.25, 0.3) is 11.0 Å². The molecule has 0 spiro atoms. The molecular formula is C20H29N5O2S. The average Bonchev–Trinajstić information content (AvgIpc) is 3.13. The quantitative estimate of drug-likeness (QED) is 0.629. The van der Waals surface area contributed by atoms with Crippen LogP contribution in [0, 0.1) is 0 Å². The molecule has 3 heterocycles. The lowest BCUT2D eigenvalue weighted by Crippen LogP contribution is -2.37. The molecule has 2 aliphatic rings. The highest BCUT2D eigenvalue weighted by molar-refractivity contribution is 7.99. The highest BCUT2D eigenvalue weighted by Crippen LogP contribution is 2.33. The zero-order chi connectivity index (χ0) is 19.9. The Hall–Kier alpha value is -1.83. The lowest BCUT2D eigenvalue weighted by Gasteiger charge is -2.20. The minimum Gasteiger partial charge on any atom is -0.353 e. The van der Waals surface area contributed by atoms with Crippen LogP contribution in [0.2, 0.25) is 0 Å². The van der Waals surface area contributed by atoms with E-state index in [9.17, 15) is 9.59 Å². The van der Waals surface area contributed by atoms with E-state index in [1.807, 2.05) is 20.8 Å². The van der Waals surface area contributed by atoms with E-state index in [4.69, 9.17) is 4.98 Å². The van der Waals surface area contributed by atoms with E-state index < -0.39 is 0 Å². The van der Waals surface area contributed by atoms with Crippen molar-refractivity contribution >= 4 is 28.7 Å². The number of carbonyl (C=O) groups is 1. The summed E-state index contributed by atoms with van der Waals surface area (Å²) >= 11 is 1.55. The Balaban J connectivity index is 1.55. The molecule has 1 amide bonds. The van der Waals surface area contributed by atoms with Gasteiger partial charge in [-0.2, -0.15) is 5.10 Å². The normalized spacial score (nSPS) is 20.9. The van der Waals surface area contributed by atoms with Crippen LogP contribution in [0.5, 0.6) is 0 Å². The van der Waals surface area contributed by atoms with Crippen molar-refractivity contribution in [2.24, 2.45) is 0 Å². The molecule has 0 saturated heterocycles. The third kappa shape index (κ3) is 3.71. The zero-order valence-corrected chi connectivity index (χ0v) is 17.7. The SMILES string of the molecule is CC(C)(C)n1ncc2c(=O)n3c(nc21)SCC3CC(=O)NC1CCCCCC1. The molecule has 1 saturated carbocycles. The van der Waals surface area contributed by atoms with E-state index in [1.165, 1.54) is 25.7 Å². The van der Waals surface area contributed by atoms with Crippen molar-refractivity contribution in [3.63, 3.8) is 0 Å². The van der Waals surface area contributed by atoms with Gasteiger partial charge in [0.05, 0.1) is 17.8 Å². The van der Waals surface area contributed by atoms with Gasteiger partial charge < -0.3 is 5.32 Å². The Labute approximate surface area is 169 Å². The first-order valence-corrected chi connectivity index (χ1v) is 11.3. The average molecular weight is 404 g/mol. The number of hydrogen-bond donors (Lipinski definition) is 1. The fraction of sp³-hybridized carbons (Fsp3) is 0.700. The first-order valence-electron chi connectivity index (χ1n) is 10.3. The van der Waals surface area contributed by atoms with Crippen LogP contribution in [0.15, 0.2) is 16.1 Å². The summed E-state index contributed by atoms with van der Waals surface area (Å²) in [5.74, 6) is 0.748. The van der Waals surface area contributed by atoms with E-state index in [0.29, 0.717) is 28.4 Å². The maximum atomic E-state index is 13.1. The van der Waals surface area contributed by atoms with Gasteiger partial charge in [0, 0.05) is 18.2 Å². The molecule has 1 unspecified atom stereocenters.